The number of nitrogens with zero attached hydrogens (tertiary/aromatic N) is 4. The first-order valence-electron chi connectivity index (χ1n) is 24.4. The first-order chi connectivity index (χ1) is 34.3. The van der Waals surface area contributed by atoms with E-state index in [2.05, 4.69) is 20.5 Å². The summed E-state index contributed by atoms with van der Waals surface area (Å²) >= 11 is 0. The number of anilines is 1. The maximum atomic E-state index is 14.6. The van der Waals surface area contributed by atoms with Crippen molar-refractivity contribution in [2.24, 2.45) is 28.8 Å². The van der Waals surface area contributed by atoms with Crippen molar-refractivity contribution in [3.8, 4) is 34.3 Å². The Morgan fingerprint density at radius 3 is 2.33 bits per heavy atom. The number of allylic oxidation sites excluding steroid dienone is 2. The molecule has 0 aliphatic carbocycles. The maximum Gasteiger partial charge on any atom is 0.312 e. The Kier molecular flexibility index (Phi) is 16.5. The van der Waals surface area contributed by atoms with E-state index in [1.54, 1.807) is 44.9 Å². The number of carbonyl (C=O) groups is 3. The van der Waals surface area contributed by atoms with E-state index in [-0.39, 0.29) is 44.5 Å². The van der Waals surface area contributed by atoms with E-state index >= 15 is 0 Å². The molecule has 0 spiro atoms. The molecule has 72 heavy (non-hydrogen) atoms. The third-order valence-electron chi connectivity index (χ3n) is 14.3. The van der Waals surface area contributed by atoms with Crippen LogP contribution in [0.15, 0.2) is 82.2 Å². The van der Waals surface area contributed by atoms with Crippen LogP contribution < -0.4 is 10.1 Å². The van der Waals surface area contributed by atoms with Gasteiger partial charge in [0.1, 0.15) is 34.8 Å². The highest BCUT2D eigenvalue weighted by atomic mass is 16.7. The van der Waals surface area contributed by atoms with Crippen molar-refractivity contribution in [1.82, 2.24) is 15.1 Å². The largest absolute Gasteiger partial charge is 0.507 e. The van der Waals surface area contributed by atoms with Crippen LogP contribution in [0.4, 0.5) is 5.69 Å². The first kappa shape index (κ1) is 53.1. The number of hydrazone groups is 1. The molecule has 18 nitrogen and oxygen atoms in total. The van der Waals surface area contributed by atoms with Gasteiger partial charge >= 0.3 is 11.8 Å². The molecule has 1 aromatic heterocycles. The fourth-order valence-corrected chi connectivity index (χ4v) is 9.74. The minimum Gasteiger partial charge on any atom is -0.507 e. The van der Waals surface area contributed by atoms with Gasteiger partial charge in [-0.2, -0.15) is 5.10 Å². The predicted octanol–water partition coefficient (Wildman–Crippen LogP) is 6.99. The quantitative estimate of drug-likeness (QED) is 0.0428. The zero-order valence-corrected chi connectivity index (χ0v) is 42.3. The average molecular weight is 994 g/mol. The number of ketones is 1. The van der Waals surface area contributed by atoms with Gasteiger partial charge in [0.15, 0.2) is 5.75 Å². The lowest BCUT2D eigenvalue weighted by Crippen LogP contribution is -2.46. The van der Waals surface area contributed by atoms with Crippen LogP contribution >= 0.6 is 0 Å². The van der Waals surface area contributed by atoms with E-state index in [9.17, 15) is 39.9 Å². The standard InChI is InChI=1S/C54H67N5O13/c1-29-15-13-16-30(2)53(67)56-44-38(28-55-59-24-22-58(23-25-59)21-14-19-37-27-39(57-72-37)36-17-11-10-12-18-36)48(64)41-42(49(44)65)47(63)34(6)51-43(41)52(66)54(8,71-51)69-26-20-40(68-9)31(3)50(70-35(7)60)33(5)46(62)32(4)45(29)61/h10-13,15-18,20,26-29,31-33,40,45-46,50,61-65H,14,19,21-25H2,1-9H3,(H,56,67)/b15-13+,26-20+,30-16-,55-28+/t29-,31+,32+,33+,40-,45-,46+,50+,54-/m0/s1. The second kappa shape index (κ2) is 22.4. The molecule has 386 valence electrons. The molecule has 8 rings (SSSR count). The number of phenols is 3. The predicted molar refractivity (Wildman–Crippen MR) is 270 cm³/mol. The molecule has 5 heterocycles. The van der Waals surface area contributed by atoms with Crippen LogP contribution in [0.5, 0.6) is 23.0 Å². The van der Waals surface area contributed by atoms with Gasteiger partial charge in [-0.15, -0.1) is 0 Å². The molecule has 1 saturated heterocycles. The highest BCUT2D eigenvalue weighted by molar-refractivity contribution is 6.23. The molecular weight excluding hydrogens is 927 g/mol. The van der Waals surface area contributed by atoms with Gasteiger partial charge in [0, 0.05) is 105 Å². The lowest BCUT2D eigenvalue weighted by Gasteiger charge is -2.38. The van der Waals surface area contributed by atoms with E-state index in [4.69, 9.17) is 23.5 Å². The molecule has 4 aliphatic rings. The summed E-state index contributed by atoms with van der Waals surface area (Å²) in [4.78, 5) is 43.3. The molecule has 0 radical (unpaired) electrons. The molecule has 0 unspecified atom stereocenters. The number of aromatic hydroxyl groups is 3. The number of phenolic OH excluding ortho intramolecular Hbond substituents is 3. The van der Waals surface area contributed by atoms with Crippen molar-refractivity contribution in [2.45, 2.75) is 98.4 Å². The number of nitrogens with one attached hydrogen (secondary N) is 1. The van der Waals surface area contributed by atoms with E-state index in [1.807, 2.05) is 36.4 Å². The summed E-state index contributed by atoms with van der Waals surface area (Å²) in [7, 11) is 1.44. The van der Waals surface area contributed by atoms with Gasteiger partial charge in [0.05, 0.1) is 53.0 Å². The fraction of sp³-hybridized carbons (Fsp3) is 0.463. The molecule has 1 amide bonds. The number of hydrogen-bond donors (Lipinski definition) is 6. The molecule has 4 aromatic rings. The number of carbonyl (C=O) groups excluding carboxylic acids is 3. The van der Waals surface area contributed by atoms with Gasteiger partial charge < -0.3 is 54.3 Å². The van der Waals surface area contributed by atoms with Crippen LogP contribution in [0.25, 0.3) is 22.0 Å². The summed E-state index contributed by atoms with van der Waals surface area (Å²) in [6.45, 7) is 15.7. The van der Waals surface area contributed by atoms with E-state index in [0.29, 0.717) is 26.2 Å². The van der Waals surface area contributed by atoms with Crippen molar-refractivity contribution in [3.05, 3.63) is 95.0 Å². The van der Waals surface area contributed by atoms with E-state index in [0.717, 1.165) is 36.4 Å². The van der Waals surface area contributed by atoms with E-state index < -0.39 is 88.8 Å². The number of aryl methyl sites for hydroxylation is 1. The summed E-state index contributed by atoms with van der Waals surface area (Å²) in [5, 5.41) is 72.1. The van der Waals surface area contributed by atoms with Crippen molar-refractivity contribution in [3.63, 3.8) is 0 Å². The molecule has 6 N–H and O–H groups in total. The van der Waals surface area contributed by atoms with Crippen LogP contribution in [0.1, 0.15) is 82.1 Å². The number of fused-ring (bicyclic) bond motifs is 14. The SMILES string of the molecule is CO[C@H]1/C=C/O[C@@]2(C)Oc3c(C)c(O)c4c(O)c(c(/C=N/N5CCN(CCCc6cc(-c7ccccc7)no6)CC5)c(O)c4c3C2=O)NC(=O)/C(C)=C\C=C\[C@H](C)[C@H](O)[C@@H](C)[C@@H](O)[C@@H](C)[C@H](OC(C)=O)[C@@H]1C. The molecule has 0 saturated carbocycles. The highest BCUT2D eigenvalue weighted by Crippen LogP contribution is 2.55. The first-order valence-corrected chi connectivity index (χ1v) is 24.4. The number of aliphatic hydroxyl groups excluding tert-OH is 2. The number of benzene rings is 3. The lowest BCUT2D eigenvalue weighted by atomic mass is 9.78. The fourth-order valence-electron chi connectivity index (χ4n) is 9.74. The van der Waals surface area contributed by atoms with E-state index in [1.165, 1.54) is 59.4 Å². The third kappa shape index (κ3) is 11.0. The van der Waals surface area contributed by atoms with Crippen LogP contribution in [0.3, 0.4) is 0 Å². The Hall–Kier alpha value is -6.73. The number of piperazine rings is 1. The lowest BCUT2D eigenvalue weighted by molar-refractivity contribution is -0.160. The zero-order chi connectivity index (χ0) is 52.2. The molecule has 1 fully saturated rings. The minimum atomic E-state index is -2.07. The number of amides is 1. The van der Waals surface area contributed by atoms with Gasteiger partial charge in [-0.05, 0) is 32.9 Å². The summed E-state index contributed by atoms with van der Waals surface area (Å²) in [6, 6.07) is 11.8. The number of Topliss-reactive ketones (excluding diaryl/α,β-unsaturated/α-hetero) is 1. The molecule has 4 aliphatic heterocycles. The number of methoxy groups -OCH3 is 1. The van der Waals surface area contributed by atoms with Crippen LogP contribution in [0.2, 0.25) is 0 Å². The normalized spacial score (nSPS) is 28.4. The highest BCUT2D eigenvalue weighted by Gasteiger charge is 2.50. The summed E-state index contributed by atoms with van der Waals surface area (Å²) in [5.74, 6) is -7.71. The van der Waals surface area contributed by atoms with Crippen LogP contribution in [-0.2, 0) is 30.2 Å². The van der Waals surface area contributed by atoms with Gasteiger partial charge in [-0.1, -0.05) is 81.4 Å². The van der Waals surface area contributed by atoms with Gasteiger partial charge in [0.2, 0.25) is 0 Å². The number of aromatic nitrogens is 1. The van der Waals surface area contributed by atoms with Crippen LogP contribution in [-0.4, -0.2) is 135 Å². The van der Waals surface area contributed by atoms with Crippen molar-refractivity contribution < 1.29 is 63.4 Å². The summed E-state index contributed by atoms with van der Waals surface area (Å²) in [6.07, 6.45) is 6.38. The molecule has 3 aromatic carbocycles. The average Bonchev–Trinajstić information content (AvgIpc) is 3.95. The van der Waals surface area contributed by atoms with Crippen molar-refractivity contribution >= 4 is 40.3 Å². The minimum absolute atomic E-state index is 0.0450. The summed E-state index contributed by atoms with van der Waals surface area (Å²) in [5.41, 5.74) is 1.36. The monoisotopic (exact) mass is 993 g/mol. The Morgan fingerprint density at radius 2 is 1.65 bits per heavy atom. The third-order valence-corrected chi connectivity index (χ3v) is 14.3. The van der Waals surface area contributed by atoms with Crippen LogP contribution in [0, 0.1) is 30.6 Å². The zero-order valence-electron chi connectivity index (χ0n) is 42.3. The summed E-state index contributed by atoms with van der Waals surface area (Å²) < 4.78 is 29.4. The van der Waals surface area contributed by atoms with Gasteiger partial charge in [-0.3, -0.25) is 24.3 Å². The Morgan fingerprint density at radius 1 is 0.944 bits per heavy atom. The number of hydrogen-bond acceptors (Lipinski definition) is 17. The Labute approximate surface area is 419 Å². The number of ether oxygens (including phenoxy) is 4. The van der Waals surface area contributed by atoms with Crippen molar-refractivity contribution in [1.29, 1.82) is 0 Å². The number of aliphatic hydroxyl groups is 2. The van der Waals surface area contributed by atoms with Gasteiger partial charge in [-0.25, -0.2) is 0 Å². The molecule has 18 heteroatoms. The Bertz CT molecular complexity index is 2760. The number of esters is 1. The van der Waals surface area contributed by atoms with Crippen molar-refractivity contribution in [2.75, 3.05) is 45.2 Å². The molecule has 5 bridgehead atoms. The maximum absolute atomic E-state index is 14.6. The smallest absolute Gasteiger partial charge is 0.312 e. The molecule has 9 atom stereocenters. The molecular formula is C54H67N5O13. The Balaban J connectivity index is 1.22. The topological polar surface area (TPSA) is 246 Å². The second-order valence-corrected chi connectivity index (χ2v) is 19.3. The second-order valence-electron chi connectivity index (χ2n) is 19.3. The van der Waals surface area contributed by atoms with Gasteiger partial charge in [0.25, 0.3) is 11.7 Å². The number of rotatable bonds is 9.